The highest BCUT2D eigenvalue weighted by Crippen LogP contribution is 2.45. The van der Waals surface area contributed by atoms with Gasteiger partial charge in [-0.25, -0.2) is 23.1 Å². The summed E-state index contributed by atoms with van der Waals surface area (Å²) in [6.45, 7) is 7.34. The molecule has 222 valence electrons. The van der Waals surface area contributed by atoms with Crippen molar-refractivity contribution in [1.82, 2.24) is 20.0 Å². The van der Waals surface area contributed by atoms with Crippen molar-refractivity contribution in [1.29, 1.82) is 0 Å². The molecular weight excluding hydrogens is 556 g/mol. The number of aromatic nitrogens is 2. The Morgan fingerprint density at radius 2 is 1.60 bits per heavy atom. The quantitative estimate of drug-likeness (QED) is 0.234. The van der Waals surface area contributed by atoms with E-state index >= 15 is 8.78 Å². The second-order valence-corrected chi connectivity index (χ2v) is 10.7. The number of fused-ring (bicyclic) bond motifs is 1. The van der Waals surface area contributed by atoms with Gasteiger partial charge in [0, 0.05) is 22.8 Å². The van der Waals surface area contributed by atoms with Crippen LogP contribution in [0.3, 0.4) is 0 Å². The number of carboxylic acid groups (broad SMARTS) is 1. The number of para-hydroxylation sites is 1. The number of carbonyl (C=O) groups is 3. The molecule has 0 saturated heterocycles. The number of anilines is 1. The van der Waals surface area contributed by atoms with Crippen LogP contribution in [0.5, 0.6) is 0 Å². The summed E-state index contributed by atoms with van der Waals surface area (Å²) in [5.41, 5.74) is 2.32. The summed E-state index contributed by atoms with van der Waals surface area (Å²) < 4.78 is 33.1. The summed E-state index contributed by atoms with van der Waals surface area (Å²) in [5.74, 6) is -2.53. The van der Waals surface area contributed by atoms with Crippen molar-refractivity contribution in [2.24, 2.45) is 0 Å². The first-order valence-electron chi connectivity index (χ1n) is 13.9. The molecule has 4 aromatic rings. The normalized spacial score (nSPS) is 13.5. The molecule has 0 fully saturated rings. The largest absolute Gasteiger partial charge is 0.465 e. The van der Waals surface area contributed by atoms with E-state index in [1.807, 2.05) is 32.0 Å². The molecule has 2 heterocycles. The Hall–Kier alpha value is -5.06. The molecule has 0 saturated carbocycles. The summed E-state index contributed by atoms with van der Waals surface area (Å²) in [5, 5.41) is 19.0. The lowest BCUT2D eigenvalue weighted by molar-refractivity contribution is 0.0960. The van der Waals surface area contributed by atoms with Gasteiger partial charge in [0.05, 0.1) is 34.8 Å². The molecular formula is C32H31F2N5O4. The van der Waals surface area contributed by atoms with Crippen molar-refractivity contribution in [3.63, 3.8) is 0 Å². The lowest BCUT2D eigenvalue weighted by atomic mass is 9.98. The zero-order valence-corrected chi connectivity index (χ0v) is 24.2. The first kappa shape index (κ1) is 29.4. The minimum atomic E-state index is -1.16. The number of urea groups is 1. The van der Waals surface area contributed by atoms with E-state index in [2.05, 4.69) is 10.6 Å². The fraction of sp³-hybridized carbons (Fsp3) is 0.250. The summed E-state index contributed by atoms with van der Waals surface area (Å²) in [4.78, 5) is 38.1. The zero-order valence-electron chi connectivity index (χ0n) is 24.2. The van der Waals surface area contributed by atoms with Gasteiger partial charge in [-0.1, -0.05) is 50.2 Å². The average molecular weight is 588 g/mol. The molecule has 0 aliphatic carbocycles. The summed E-state index contributed by atoms with van der Waals surface area (Å²) in [7, 11) is 0. The van der Waals surface area contributed by atoms with Crippen LogP contribution in [0.15, 0.2) is 60.7 Å². The van der Waals surface area contributed by atoms with Gasteiger partial charge in [0.2, 0.25) is 0 Å². The third-order valence-electron chi connectivity index (χ3n) is 7.78. The van der Waals surface area contributed by atoms with Crippen molar-refractivity contribution >= 4 is 23.7 Å². The molecule has 9 nitrogen and oxygen atoms in total. The summed E-state index contributed by atoms with van der Waals surface area (Å²) in [6, 6.07) is 14.6. The number of nitrogens with one attached hydrogen (secondary N) is 2. The Labute approximate surface area is 247 Å². The monoisotopic (exact) mass is 587 g/mol. The van der Waals surface area contributed by atoms with Crippen LogP contribution in [0, 0.1) is 11.6 Å². The number of hydrogen-bond donors (Lipinski definition) is 3. The van der Waals surface area contributed by atoms with Crippen LogP contribution in [0.1, 0.15) is 60.4 Å². The molecule has 0 spiro atoms. The SMILES string of the molecule is CCc1cccc(CC)c1-n1nc2c(c1-c1cc(F)c(NC(=O)NC(=O)c3ccccc3)cc1F)CN(C(=O)O)C2(C)C. The standard InChI is InChI=1S/C32H31F2N5O4/c1-5-18-13-10-14-19(6-2)26(18)39-27(22-17-38(31(42)43)32(3,4)28(22)37-39)21-15-24(34)25(16-23(21)33)35-30(41)36-29(40)20-11-8-7-9-12-20/h7-16H,5-6,17H2,1-4H3,(H,42,43)(H2,35,36,40,41). The minimum Gasteiger partial charge on any atom is -0.465 e. The Bertz CT molecular complexity index is 1730. The number of carbonyl (C=O) groups excluding carboxylic acids is 2. The second-order valence-electron chi connectivity index (χ2n) is 10.7. The predicted octanol–water partition coefficient (Wildman–Crippen LogP) is 6.63. The minimum absolute atomic E-state index is 0.0756. The first-order valence-corrected chi connectivity index (χ1v) is 13.9. The molecule has 0 bridgehead atoms. The summed E-state index contributed by atoms with van der Waals surface area (Å²) in [6.07, 6.45) is 0.133. The lowest BCUT2D eigenvalue weighted by Crippen LogP contribution is -2.40. The zero-order chi connectivity index (χ0) is 31.1. The molecule has 0 atom stereocenters. The van der Waals surface area contributed by atoms with Crippen molar-refractivity contribution in [2.45, 2.75) is 52.6 Å². The Morgan fingerprint density at radius 3 is 2.21 bits per heavy atom. The van der Waals surface area contributed by atoms with Crippen LogP contribution >= 0.6 is 0 Å². The molecule has 3 aromatic carbocycles. The van der Waals surface area contributed by atoms with E-state index in [-0.39, 0.29) is 23.4 Å². The van der Waals surface area contributed by atoms with Crippen LogP contribution in [-0.4, -0.2) is 37.8 Å². The van der Waals surface area contributed by atoms with Crippen molar-refractivity contribution in [3.8, 4) is 16.9 Å². The highest BCUT2D eigenvalue weighted by Gasteiger charge is 2.46. The van der Waals surface area contributed by atoms with E-state index in [9.17, 15) is 19.5 Å². The van der Waals surface area contributed by atoms with Crippen LogP contribution in [0.25, 0.3) is 16.9 Å². The molecule has 11 heteroatoms. The van der Waals surface area contributed by atoms with E-state index < -0.39 is 40.9 Å². The average Bonchev–Trinajstić information content (AvgIpc) is 3.48. The van der Waals surface area contributed by atoms with E-state index in [0.717, 1.165) is 28.9 Å². The molecule has 3 N–H and O–H groups in total. The highest BCUT2D eigenvalue weighted by molar-refractivity contribution is 6.08. The van der Waals surface area contributed by atoms with Gasteiger partial charge in [0.1, 0.15) is 11.6 Å². The van der Waals surface area contributed by atoms with Crippen LogP contribution < -0.4 is 10.6 Å². The van der Waals surface area contributed by atoms with Gasteiger partial charge in [0.15, 0.2) is 0 Å². The van der Waals surface area contributed by atoms with E-state index in [0.29, 0.717) is 24.1 Å². The number of rotatable bonds is 6. The molecule has 0 unspecified atom stereocenters. The fourth-order valence-corrected chi connectivity index (χ4v) is 5.55. The van der Waals surface area contributed by atoms with E-state index in [4.69, 9.17) is 5.10 Å². The second kappa shape index (κ2) is 11.3. The molecule has 43 heavy (non-hydrogen) atoms. The Morgan fingerprint density at radius 1 is 0.953 bits per heavy atom. The van der Waals surface area contributed by atoms with Gasteiger partial charge < -0.3 is 10.4 Å². The highest BCUT2D eigenvalue weighted by atomic mass is 19.1. The third kappa shape index (κ3) is 5.22. The first-order chi connectivity index (χ1) is 20.5. The maximum atomic E-state index is 16.0. The van der Waals surface area contributed by atoms with Gasteiger partial charge in [-0.3, -0.25) is 15.0 Å². The van der Waals surface area contributed by atoms with Gasteiger partial charge >= 0.3 is 12.1 Å². The Kier molecular flexibility index (Phi) is 7.74. The molecule has 1 aliphatic rings. The fourth-order valence-electron chi connectivity index (χ4n) is 5.55. The predicted molar refractivity (Wildman–Crippen MR) is 157 cm³/mol. The topological polar surface area (TPSA) is 117 Å². The van der Waals surface area contributed by atoms with Crippen LogP contribution in [0.4, 0.5) is 24.1 Å². The maximum absolute atomic E-state index is 16.0. The number of hydrogen-bond acceptors (Lipinski definition) is 4. The molecule has 0 radical (unpaired) electrons. The van der Waals surface area contributed by atoms with Crippen LogP contribution in [0.2, 0.25) is 0 Å². The van der Waals surface area contributed by atoms with Gasteiger partial charge in [-0.05, 0) is 56.0 Å². The van der Waals surface area contributed by atoms with E-state index in [1.54, 1.807) is 36.7 Å². The van der Waals surface area contributed by atoms with Gasteiger partial charge in [-0.15, -0.1) is 0 Å². The third-order valence-corrected chi connectivity index (χ3v) is 7.78. The van der Waals surface area contributed by atoms with Crippen LogP contribution in [-0.2, 0) is 24.9 Å². The van der Waals surface area contributed by atoms with Crippen molar-refractivity contribution in [2.75, 3.05) is 5.32 Å². The number of halogens is 2. The lowest BCUT2D eigenvalue weighted by Gasteiger charge is -2.29. The number of nitrogens with zero attached hydrogens (tertiary/aromatic N) is 3. The Balaban J connectivity index is 1.61. The van der Waals surface area contributed by atoms with Crippen molar-refractivity contribution < 1.29 is 28.3 Å². The number of amides is 4. The number of imide groups is 1. The summed E-state index contributed by atoms with van der Waals surface area (Å²) >= 11 is 0. The number of benzene rings is 3. The molecule has 1 aliphatic heterocycles. The van der Waals surface area contributed by atoms with Crippen molar-refractivity contribution in [3.05, 3.63) is 100 Å². The number of aryl methyl sites for hydroxylation is 2. The van der Waals surface area contributed by atoms with E-state index in [1.165, 1.54) is 17.0 Å². The smallest absolute Gasteiger partial charge is 0.408 e. The molecule has 1 aromatic heterocycles. The maximum Gasteiger partial charge on any atom is 0.408 e. The molecule has 5 rings (SSSR count). The molecule has 4 amide bonds. The van der Waals surface area contributed by atoms with Gasteiger partial charge in [-0.2, -0.15) is 5.10 Å². The van der Waals surface area contributed by atoms with Gasteiger partial charge in [0.25, 0.3) is 5.91 Å².